The predicted molar refractivity (Wildman–Crippen MR) is 55.9 cm³/mol. The Bertz CT molecular complexity index is 398. The van der Waals surface area contributed by atoms with Gasteiger partial charge in [0.1, 0.15) is 5.92 Å². The van der Waals surface area contributed by atoms with Crippen LogP contribution in [0.25, 0.3) is 0 Å². The van der Waals surface area contributed by atoms with Gasteiger partial charge in [-0.2, -0.15) is 0 Å². The molecule has 2 rings (SSSR count). The van der Waals surface area contributed by atoms with Gasteiger partial charge in [0.2, 0.25) is 0 Å². The number of carbonyl (C=O) groups is 1. The van der Waals surface area contributed by atoms with Crippen LogP contribution in [0.1, 0.15) is 29.0 Å². The molecule has 2 unspecified atom stereocenters. The summed E-state index contributed by atoms with van der Waals surface area (Å²) in [5, 5.41) is 18.7. The maximum Gasteiger partial charge on any atom is 0.313 e. The van der Waals surface area contributed by atoms with Gasteiger partial charge in [-0.3, -0.25) is 4.79 Å². The maximum atomic E-state index is 11.1. The number of fused-ring (bicyclic) bond motifs is 1. The summed E-state index contributed by atoms with van der Waals surface area (Å²) in [5.41, 5.74) is 2.97. The van der Waals surface area contributed by atoms with E-state index < -0.39 is 18.0 Å². The molecule has 0 bridgehead atoms. The molecule has 0 spiro atoms. The summed E-state index contributed by atoms with van der Waals surface area (Å²) in [4.78, 5) is 11.1. The maximum absolute atomic E-state index is 11.1. The number of hydrogen-bond acceptors (Lipinski definition) is 2. The van der Waals surface area contributed by atoms with Crippen LogP contribution in [0.2, 0.25) is 0 Å². The van der Waals surface area contributed by atoms with Crippen LogP contribution in [0.4, 0.5) is 0 Å². The van der Waals surface area contributed by atoms with Gasteiger partial charge in [0, 0.05) is 0 Å². The van der Waals surface area contributed by atoms with E-state index in [-0.39, 0.29) is 0 Å². The molecule has 1 aliphatic carbocycles. The number of carboxylic acids is 1. The van der Waals surface area contributed by atoms with Gasteiger partial charge in [-0.1, -0.05) is 23.8 Å². The van der Waals surface area contributed by atoms with Gasteiger partial charge in [-0.15, -0.1) is 0 Å². The highest BCUT2D eigenvalue weighted by Crippen LogP contribution is 2.32. The molecular formula is C12H14O3. The van der Waals surface area contributed by atoms with Crippen molar-refractivity contribution in [2.45, 2.75) is 31.8 Å². The fourth-order valence-electron chi connectivity index (χ4n) is 2.23. The second kappa shape index (κ2) is 3.66. The van der Waals surface area contributed by atoms with Gasteiger partial charge < -0.3 is 10.2 Å². The highest BCUT2D eigenvalue weighted by molar-refractivity contribution is 5.78. The molecule has 0 heterocycles. The third-order valence-electron chi connectivity index (χ3n) is 2.99. The van der Waals surface area contributed by atoms with Gasteiger partial charge >= 0.3 is 5.97 Å². The average Bonchev–Trinajstić information content (AvgIpc) is 2.17. The molecule has 1 aromatic rings. The van der Waals surface area contributed by atoms with E-state index >= 15 is 0 Å². The minimum atomic E-state index is -0.938. The topological polar surface area (TPSA) is 57.5 Å². The number of aliphatic hydroxyl groups is 1. The minimum Gasteiger partial charge on any atom is -0.481 e. The quantitative estimate of drug-likeness (QED) is 0.731. The van der Waals surface area contributed by atoms with Crippen LogP contribution in [0, 0.1) is 6.92 Å². The number of aliphatic hydroxyl groups excluding tert-OH is 1. The zero-order valence-corrected chi connectivity index (χ0v) is 8.60. The van der Waals surface area contributed by atoms with E-state index in [1.165, 1.54) is 0 Å². The van der Waals surface area contributed by atoms with Crippen LogP contribution in [-0.2, 0) is 11.2 Å². The smallest absolute Gasteiger partial charge is 0.313 e. The van der Waals surface area contributed by atoms with Crippen molar-refractivity contribution in [2.75, 3.05) is 0 Å². The van der Waals surface area contributed by atoms with Crippen molar-refractivity contribution in [3.05, 3.63) is 34.9 Å². The Labute approximate surface area is 88.4 Å². The van der Waals surface area contributed by atoms with Crippen LogP contribution in [-0.4, -0.2) is 22.3 Å². The lowest BCUT2D eigenvalue weighted by molar-refractivity contribution is -0.142. The Morgan fingerprint density at radius 3 is 2.87 bits per heavy atom. The first-order valence-electron chi connectivity index (χ1n) is 5.10. The Hall–Kier alpha value is -1.35. The van der Waals surface area contributed by atoms with Gasteiger partial charge in [0.25, 0.3) is 0 Å². The van der Waals surface area contributed by atoms with Crippen molar-refractivity contribution in [3.8, 4) is 0 Å². The highest BCUT2D eigenvalue weighted by atomic mass is 16.4. The van der Waals surface area contributed by atoms with Crippen LogP contribution in [0.5, 0.6) is 0 Å². The zero-order chi connectivity index (χ0) is 11.0. The molecule has 1 aromatic carbocycles. The van der Waals surface area contributed by atoms with Gasteiger partial charge in [-0.25, -0.2) is 0 Å². The van der Waals surface area contributed by atoms with E-state index in [0.29, 0.717) is 6.42 Å². The van der Waals surface area contributed by atoms with E-state index in [2.05, 4.69) is 0 Å². The van der Waals surface area contributed by atoms with Gasteiger partial charge in [-0.05, 0) is 30.9 Å². The van der Waals surface area contributed by atoms with Crippen LogP contribution < -0.4 is 0 Å². The molecule has 0 saturated carbocycles. The zero-order valence-electron chi connectivity index (χ0n) is 8.60. The average molecular weight is 206 g/mol. The molecule has 80 valence electrons. The third kappa shape index (κ3) is 1.75. The molecule has 0 saturated heterocycles. The molecule has 2 N–H and O–H groups in total. The van der Waals surface area contributed by atoms with Crippen molar-refractivity contribution in [1.29, 1.82) is 0 Å². The molecule has 1 aliphatic rings. The van der Waals surface area contributed by atoms with Crippen molar-refractivity contribution in [3.63, 3.8) is 0 Å². The lowest BCUT2D eigenvalue weighted by Gasteiger charge is -2.27. The summed E-state index contributed by atoms with van der Waals surface area (Å²) < 4.78 is 0. The number of hydrogen-bond donors (Lipinski definition) is 2. The lowest BCUT2D eigenvalue weighted by atomic mass is 9.80. The molecular weight excluding hydrogens is 192 g/mol. The molecule has 0 aliphatic heterocycles. The fourth-order valence-corrected chi connectivity index (χ4v) is 2.23. The lowest BCUT2D eigenvalue weighted by Crippen LogP contribution is -2.31. The second-order valence-electron chi connectivity index (χ2n) is 4.12. The second-order valence-corrected chi connectivity index (χ2v) is 4.12. The first-order chi connectivity index (χ1) is 7.09. The Morgan fingerprint density at radius 2 is 2.20 bits per heavy atom. The third-order valence-corrected chi connectivity index (χ3v) is 2.99. The van der Waals surface area contributed by atoms with Crippen molar-refractivity contribution >= 4 is 5.97 Å². The standard InChI is InChI=1S/C12H14O3/c1-7-2-4-9-8(6-7)3-5-10(13)11(9)12(14)15/h2,4,6,10-11,13H,3,5H2,1H3,(H,14,15). The summed E-state index contributed by atoms with van der Waals surface area (Å²) in [5.74, 6) is -1.69. The molecule has 0 radical (unpaired) electrons. The Morgan fingerprint density at radius 1 is 1.47 bits per heavy atom. The monoisotopic (exact) mass is 206 g/mol. The largest absolute Gasteiger partial charge is 0.481 e. The first kappa shape index (κ1) is 10.2. The number of carboxylic acid groups (broad SMARTS) is 1. The van der Waals surface area contributed by atoms with E-state index in [1.807, 2.05) is 25.1 Å². The number of aliphatic carboxylic acids is 1. The van der Waals surface area contributed by atoms with Gasteiger partial charge in [0.05, 0.1) is 6.10 Å². The molecule has 15 heavy (non-hydrogen) atoms. The fraction of sp³-hybridized carbons (Fsp3) is 0.417. The van der Waals surface area contributed by atoms with Crippen molar-refractivity contribution in [1.82, 2.24) is 0 Å². The summed E-state index contributed by atoms with van der Waals surface area (Å²) in [6, 6.07) is 5.73. The summed E-state index contributed by atoms with van der Waals surface area (Å²) in [6.45, 7) is 1.99. The van der Waals surface area contributed by atoms with Crippen molar-refractivity contribution < 1.29 is 15.0 Å². The Kier molecular flexibility index (Phi) is 2.49. The number of aryl methyl sites for hydroxylation is 2. The van der Waals surface area contributed by atoms with E-state index in [1.54, 1.807) is 0 Å². The van der Waals surface area contributed by atoms with Gasteiger partial charge in [0.15, 0.2) is 0 Å². The molecule has 0 fully saturated rings. The summed E-state index contributed by atoms with van der Waals surface area (Å²) in [7, 11) is 0. The van der Waals surface area contributed by atoms with E-state index in [4.69, 9.17) is 5.11 Å². The van der Waals surface area contributed by atoms with Crippen LogP contribution in [0.3, 0.4) is 0 Å². The Balaban J connectivity index is 2.48. The molecule has 3 nitrogen and oxygen atoms in total. The van der Waals surface area contributed by atoms with Crippen LogP contribution >= 0.6 is 0 Å². The van der Waals surface area contributed by atoms with Crippen molar-refractivity contribution in [2.24, 2.45) is 0 Å². The molecule has 0 amide bonds. The molecule has 3 heteroatoms. The number of rotatable bonds is 1. The summed E-state index contributed by atoms with van der Waals surface area (Å²) >= 11 is 0. The normalized spacial score (nSPS) is 24.7. The SMILES string of the molecule is Cc1ccc2c(c1)CCC(O)C2C(=O)O. The van der Waals surface area contributed by atoms with E-state index in [0.717, 1.165) is 23.1 Å². The predicted octanol–water partition coefficient (Wildman–Crippen LogP) is 1.47. The minimum absolute atomic E-state index is 0.535. The highest BCUT2D eigenvalue weighted by Gasteiger charge is 2.33. The molecule has 0 aromatic heterocycles. The summed E-state index contributed by atoms with van der Waals surface area (Å²) in [6.07, 6.45) is 0.549. The van der Waals surface area contributed by atoms with E-state index in [9.17, 15) is 9.90 Å². The molecule has 2 atom stereocenters. The van der Waals surface area contributed by atoms with Crippen LogP contribution in [0.15, 0.2) is 18.2 Å². The number of benzene rings is 1. The first-order valence-corrected chi connectivity index (χ1v) is 5.10.